The largest absolute Gasteiger partial charge is 0.492 e. The lowest BCUT2D eigenvalue weighted by Crippen LogP contribution is -2.48. The number of thiocarbonyl (C=S) groups is 1. The second-order valence-electron chi connectivity index (χ2n) is 5.61. The molecule has 0 atom stereocenters. The molecule has 0 heterocycles. The van der Waals surface area contributed by atoms with Crippen LogP contribution < -0.4 is 20.9 Å². The third-order valence-corrected chi connectivity index (χ3v) is 4.70. The molecule has 0 spiro atoms. The van der Waals surface area contributed by atoms with Gasteiger partial charge < -0.3 is 4.74 Å². The summed E-state index contributed by atoms with van der Waals surface area (Å²) < 4.78 is 5.49. The molecule has 2 aromatic rings. The lowest BCUT2D eigenvalue weighted by molar-refractivity contribution is -0.121. The first kappa shape index (κ1) is 23.5. The van der Waals surface area contributed by atoms with Gasteiger partial charge in [0.15, 0.2) is 5.11 Å². The van der Waals surface area contributed by atoms with E-state index in [-0.39, 0.29) is 34.6 Å². The van der Waals surface area contributed by atoms with Crippen LogP contribution in [0.3, 0.4) is 0 Å². The first-order chi connectivity index (χ1) is 13.8. The fourth-order valence-corrected chi connectivity index (χ4v) is 3.17. The Morgan fingerprint density at radius 2 is 1.59 bits per heavy atom. The maximum atomic E-state index is 12.1. The Bertz CT molecular complexity index is 927. The highest BCUT2D eigenvalue weighted by Gasteiger charge is 2.12. The maximum Gasteiger partial charge on any atom is 0.258 e. The van der Waals surface area contributed by atoms with Crippen LogP contribution in [0, 0.1) is 0 Å². The summed E-state index contributed by atoms with van der Waals surface area (Å²) in [6.45, 7) is 0.283. The second kappa shape index (κ2) is 11.4. The monoisotopic (exact) mass is 493 g/mol. The molecule has 0 saturated heterocycles. The van der Waals surface area contributed by atoms with Crippen molar-refractivity contribution >= 4 is 75.5 Å². The van der Waals surface area contributed by atoms with E-state index in [0.717, 1.165) is 0 Å². The van der Waals surface area contributed by atoms with E-state index in [1.165, 1.54) is 18.2 Å². The number of carbonyl (C=O) groups excluding carboxylic acids is 2. The van der Waals surface area contributed by atoms with Crippen LogP contribution in [-0.4, -0.2) is 23.5 Å². The molecule has 29 heavy (non-hydrogen) atoms. The van der Waals surface area contributed by atoms with Crippen molar-refractivity contribution in [3.63, 3.8) is 0 Å². The Balaban J connectivity index is 1.67. The number of rotatable bonds is 6. The van der Waals surface area contributed by atoms with Crippen LogP contribution in [0.2, 0.25) is 20.1 Å². The molecule has 2 amide bonds. The zero-order valence-corrected chi connectivity index (χ0v) is 18.6. The fourth-order valence-electron chi connectivity index (χ4n) is 2.07. The fraction of sp³-hybridized carbons (Fsp3) is 0.167. The van der Waals surface area contributed by atoms with E-state index in [0.29, 0.717) is 27.2 Å². The summed E-state index contributed by atoms with van der Waals surface area (Å²) in [7, 11) is 0. The van der Waals surface area contributed by atoms with Crippen molar-refractivity contribution in [2.24, 2.45) is 0 Å². The number of hydrazine groups is 1. The smallest absolute Gasteiger partial charge is 0.258 e. The van der Waals surface area contributed by atoms with Crippen LogP contribution in [-0.2, 0) is 4.79 Å². The van der Waals surface area contributed by atoms with E-state index in [4.69, 9.17) is 63.4 Å². The van der Waals surface area contributed by atoms with Gasteiger partial charge in [0.2, 0.25) is 5.91 Å². The van der Waals surface area contributed by atoms with Crippen molar-refractivity contribution in [1.29, 1.82) is 0 Å². The molecule has 0 unspecified atom stereocenters. The summed E-state index contributed by atoms with van der Waals surface area (Å²) in [6, 6.07) is 9.32. The van der Waals surface area contributed by atoms with E-state index in [1.54, 1.807) is 18.2 Å². The van der Waals surface area contributed by atoms with Crippen LogP contribution in [0.1, 0.15) is 23.2 Å². The zero-order chi connectivity index (χ0) is 21.4. The minimum atomic E-state index is -0.536. The number of hydrogen-bond donors (Lipinski definition) is 3. The molecule has 0 bridgehead atoms. The van der Waals surface area contributed by atoms with Gasteiger partial charge in [0.1, 0.15) is 5.75 Å². The van der Waals surface area contributed by atoms with Gasteiger partial charge in [-0.2, -0.15) is 0 Å². The first-order valence-corrected chi connectivity index (χ1v) is 10.1. The van der Waals surface area contributed by atoms with Gasteiger partial charge in [0.05, 0.1) is 22.2 Å². The SMILES string of the molecule is O=C(CCCOc1ccc(Cl)cc1Cl)NNC(=S)NC(=O)c1ccc(Cl)cc1Cl. The van der Waals surface area contributed by atoms with Crippen molar-refractivity contribution in [1.82, 2.24) is 16.2 Å². The van der Waals surface area contributed by atoms with Gasteiger partial charge in [-0.25, -0.2) is 0 Å². The molecule has 2 aromatic carbocycles. The van der Waals surface area contributed by atoms with Crippen molar-refractivity contribution in [3.05, 3.63) is 62.1 Å². The van der Waals surface area contributed by atoms with Gasteiger partial charge in [-0.1, -0.05) is 46.4 Å². The summed E-state index contributed by atoms with van der Waals surface area (Å²) in [4.78, 5) is 23.9. The molecule has 0 aliphatic carbocycles. The Morgan fingerprint density at radius 3 is 2.24 bits per heavy atom. The first-order valence-electron chi connectivity index (χ1n) is 8.19. The van der Waals surface area contributed by atoms with Crippen molar-refractivity contribution < 1.29 is 14.3 Å². The van der Waals surface area contributed by atoms with Gasteiger partial charge in [-0.15, -0.1) is 0 Å². The molecule has 0 aliphatic heterocycles. The normalized spacial score (nSPS) is 10.2. The molecule has 6 nitrogen and oxygen atoms in total. The van der Waals surface area contributed by atoms with Gasteiger partial charge in [0, 0.05) is 16.5 Å². The van der Waals surface area contributed by atoms with Crippen molar-refractivity contribution in [2.75, 3.05) is 6.61 Å². The van der Waals surface area contributed by atoms with Crippen LogP contribution in [0.25, 0.3) is 0 Å². The van der Waals surface area contributed by atoms with Crippen LogP contribution in [0.4, 0.5) is 0 Å². The number of halogens is 4. The standard InChI is InChI=1S/C18H15Cl4N3O3S/c19-10-3-5-12(13(21)8-10)17(27)23-18(29)25-24-16(26)2-1-7-28-15-6-4-11(20)9-14(15)22/h3-6,8-9H,1-2,7H2,(H,24,26)(H2,23,25,27,29). The predicted molar refractivity (Wildman–Crippen MR) is 119 cm³/mol. The molecular formula is C18H15Cl4N3O3S. The Kier molecular flexibility index (Phi) is 9.26. The van der Waals surface area contributed by atoms with Gasteiger partial charge in [-0.05, 0) is 55.0 Å². The number of nitrogens with one attached hydrogen (secondary N) is 3. The molecule has 0 saturated carbocycles. The highest BCUT2D eigenvalue weighted by molar-refractivity contribution is 7.80. The highest BCUT2D eigenvalue weighted by atomic mass is 35.5. The summed E-state index contributed by atoms with van der Waals surface area (Å²) in [6.07, 6.45) is 0.601. The molecule has 2 rings (SSSR count). The second-order valence-corrected chi connectivity index (χ2v) is 7.70. The highest BCUT2D eigenvalue weighted by Crippen LogP contribution is 2.27. The lowest BCUT2D eigenvalue weighted by atomic mass is 10.2. The van der Waals surface area contributed by atoms with Crippen molar-refractivity contribution in [2.45, 2.75) is 12.8 Å². The summed E-state index contributed by atoms with van der Waals surface area (Å²) >= 11 is 28.5. The molecule has 0 fully saturated rings. The predicted octanol–water partition coefficient (Wildman–Crippen LogP) is 4.79. The van der Waals surface area contributed by atoms with E-state index in [2.05, 4.69) is 16.2 Å². The molecule has 0 aromatic heterocycles. The van der Waals surface area contributed by atoms with Gasteiger partial charge >= 0.3 is 0 Å². The zero-order valence-electron chi connectivity index (χ0n) is 14.7. The minimum Gasteiger partial charge on any atom is -0.492 e. The summed E-state index contributed by atoms with van der Waals surface area (Å²) in [5.74, 6) is -0.386. The lowest BCUT2D eigenvalue weighted by Gasteiger charge is -2.12. The Labute approximate surface area is 192 Å². The average Bonchev–Trinajstić information content (AvgIpc) is 2.64. The third-order valence-electron chi connectivity index (χ3n) is 3.42. The molecule has 154 valence electrons. The number of ether oxygens (including phenoxy) is 1. The molecular weight excluding hydrogens is 480 g/mol. The quantitative estimate of drug-likeness (QED) is 0.305. The van der Waals surface area contributed by atoms with Crippen LogP contribution in [0.15, 0.2) is 36.4 Å². The third kappa shape index (κ3) is 7.87. The van der Waals surface area contributed by atoms with Crippen molar-refractivity contribution in [3.8, 4) is 5.75 Å². The van der Waals surface area contributed by atoms with Crippen LogP contribution in [0.5, 0.6) is 5.75 Å². The number of benzene rings is 2. The molecule has 0 radical (unpaired) electrons. The molecule has 3 N–H and O–H groups in total. The van der Waals surface area contributed by atoms with E-state index < -0.39 is 5.91 Å². The maximum absolute atomic E-state index is 12.1. The van der Waals surface area contributed by atoms with Gasteiger partial charge in [-0.3, -0.25) is 25.8 Å². The summed E-state index contributed by atoms with van der Waals surface area (Å²) in [5.41, 5.74) is 5.02. The number of carbonyl (C=O) groups is 2. The number of hydrogen-bond acceptors (Lipinski definition) is 4. The summed E-state index contributed by atoms with van der Waals surface area (Å²) in [5, 5.41) is 3.81. The minimum absolute atomic E-state index is 0.0847. The Hall–Kier alpha value is -1.77. The van der Waals surface area contributed by atoms with Crippen LogP contribution >= 0.6 is 58.6 Å². The molecule has 11 heteroatoms. The van der Waals surface area contributed by atoms with E-state index in [9.17, 15) is 9.59 Å². The average molecular weight is 495 g/mol. The topological polar surface area (TPSA) is 79.5 Å². The van der Waals surface area contributed by atoms with Gasteiger partial charge in [0.25, 0.3) is 5.91 Å². The molecule has 0 aliphatic rings. The van der Waals surface area contributed by atoms with E-state index >= 15 is 0 Å². The van der Waals surface area contributed by atoms with E-state index in [1.807, 2.05) is 0 Å². The Morgan fingerprint density at radius 1 is 0.931 bits per heavy atom. The number of amides is 2.